The fourth-order valence-corrected chi connectivity index (χ4v) is 3.02. The predicted octanol–water partition coefficient (Wildman–Crippen LogP) is 4.63. The number of thioether (sulfide) groups is 1. The van der Waals surface area contributed by atoms with Crippen LogP contribution >= 0.6 is 11.8 Å². The van der Waals surface area contributed by atoms with E-state index in [1.54, 1.807) is 6.07 Å². The molecule has 0 atom stereocenters. The van der Waals surface area contributed by atoms with Crippen molar-refractivity contribution in [2.75, 3.05) is 6.54 Å². The van der Waals surface area contributed by atoms with Gasteiger partial charge in [0, 0.05) is 6.54 Å². The molecule has 2 aromatic heterocycles. The van der Waals surface area contributed by atoms with Crippen LogP contribution in [0.15, 0.2) is 50.5 Å². The number of nitrogens with zero attached hydrogens (tertiary/aromatic N) is 1. The first-order chi connectivity index (χ1) is 11.8. The zero-order valence-electron chi connectivity index (χ0n) is 13.6. The second-order valence-electron chi connectivity index (χ2n) is 5.47. The van der Waals surface area contributed by atoms with Crippen LogP contribution in [0, 0.1) is 0 Å². The number of carbonyl (C=O) groups is 1. The maximum Gasteiger partial charge on any atom is 0.286 e. The first-order valence-corrected chi connectivity index (χ1v) is 9.10. The second kappa shape index (κ2) is 8.06. The summed E-state index contributed by atoms with van der Waals surface area (Å²) < 4.78 is 11.2. The van der Waals surface area contributed by atoms with E-state index in [0.29, 0.717) is 23.3 Å². The molecule has 3 rings (SSSR count). The van der Waals surface area contributed by atoms with Gasteiger partial charge in [-0.3, -0.25) is 4.79 Å². The van der Waals surface area contributed by atoms with E-state index in [0.717, 1.165) is 36.1 Å². The van der Waals surface area contributed by atoms with E-state index in [4.69, 9.17) is 8.83 Å². The fraction of sp³-hybridized carbons (Fsp3) is 0.333. The van der Waals surface area contributed by atoms with Gasteiger partial charge >= 0.3 is 0 Å². The molecule has 1 amide bonds. The Morgan fingerprint density at radius 3 is 2.88 bits per heavy atom. The van der Waals surface area contributed by atoms with Gasteiger partial charge < -0.3 is 14.2 Å². The summed E-state index contributed by atoms with van der Waals surface area (Å²) in [7, 11) is 0. The molecule has 1 aromatic carbocycles. The number of rotatable bonds is 8. The van der Waals surface area contributed by atoms with Crippen molar-refractivity contribution in [1.82, 2.24) is 10.3 Å². The monoisotopic (exact) mass is 344 g/mol. The molecule has 126 valence electrons. The highest BCUT2D eigenvalue weighted by atomic mass is 32.2. The van der Waals surface area contributed by atoms with Gasteiger partial charge in [0.15, 0.2) is 11.3 Å². The zero-order chi connectivity index (χ0) is 16.8. The Balaban J connectivity index is 1.53. The topological polar surface area (TPSA) is 68.3 Å². The number of furan rings is 1. The van der Waals surface area contributed by atoms with Crippen molar-refractivity contribution in [3.63, 3.8) is 0 Å². The lowest BCUT2D eigenvalue weighted by molar-refractivity contribution is 0.0924. The molecule has 3 aromatic rings. The molecule has 0 bridgehead atoms. The minimum atomic E-state index is -0.163. The van der Waals surface area contributed by atoms with Crippen molar-refractivity contribution in [3.8, 4) is 0 Å². The molecule has 1 N–H and O–H groups in total. The van der Waals surface area contributed by atoms with E-state index in [9.17, 15) is 4.79 Å². The lowest BCUT2D eigenvalue weighted by atomic mass is 10.2. The average Bonchev–Trinajstić information content (AvgIpc) is 3.23. The predicted molar refractivity (Wildman–Crippen MR) is 94.1 cm³/mol. The number of unbranched alkanes of at least 4 members (excludes halogenated alkanes) is 2. The Morgan fingerprint density at radius 1 is 1.17 bits per heavy atom. The molecular formula is C18H20N2O3S. The van der Waals surface area contributed by atoms with Gasteiger partial charge in [0.1, 0.15) is 11.3 Å². The van der Waals surface area contributed by atoms with Gasteiger partial charge in [-0.05, 0) is 30.7 Å². The minimum Gasteiger partial charge on any atom is -0.455 e. The van der Waals surface area contributed by atoms with Crippen LogP contribution in [-0.2, 0) is 5.75 Å². The summed E-state index contributed by atoms with van der Waals surface area (Å²) in [6.45, 7) is 2.82. The number of hydrogen-bond donors (Lipinski definition) is 1. The maximum atomic E-state index is 12.0. The van der Waals surface area contributed by atoms with Crippen LogP contribution in [-0.4, -0.2) is 17.4 Å². The van der Waals surface area contributed by atoms with Crippen molar-refractivity contribution < 1.29 is 13.6 Å². The molecule has 0 aliphatic heterocycles. The van der Waals surface area contributed by atoms with E-state index in [2.05, 4.69) is 17.2 Å². The molecule has 2 heterocycles. The number of aromatic nitrogens is 1. The van der Waals surface area contributed by atoms with Gasteiger partial charge in [-0.1, -0.05) is 43.7 Å². The van der Waals surface area contributed by atoms with Gasteiger partial charge in [0.05, 0.1) is 5.75 Å². The Hall–Kier alpha value is -2.21. The zero-order valence-corrected chi connectivity index (χ0v) is 14.4. The Labute approximate surface area is 144 Å². The Morgan fingerprint density at radius 2 is 2.04 bits per heavy atom. The molecule has 0 saturated carbocycles. The number of para-hydroxylation sites is 2. The summed E-state index contributed by atoms with van der Waals surface area (Å²) >= 11 is 1.45. The standard InChI is InChI=1S/C18H20N2O3S/c1-2-3-6-11-19-17(21)16-10-9-13(22-16)12-24-18-20-14-7-4-5-8-15(14)23-18/h4-5,7-10H,2-3,6,11-12H2,1H3,(H,19,21). The normalized spacial score (nSPS) is 11.0. The third-order valence-electron chi connectivity index (χ3n) is 3.56. The summed E-state index contributed by atoms with van der Waals surface area (Å²) in [6.07, 6.45) is 3.24. The van der Waals surface area contributed by atoms with Crippen LogP contribution in [0.3, 0.4) is 0 Å². The Kier molecular flexibility index (Phi) is 5.59. The second-order valence-corrected chi connectivity index (χ2v) is 6.39. The molecule has 5 nitrogen and oxygen atoms in total. The quantitative estimate of drug-likeness (QED) is 0.476. The van der Waals surface area contributed by atoms with E-state index in [1.807, 2.05) is 30.3 Å². The van der Waals surface area contributed by atoms with E-state index < -0.39 is 0 Å². The number of amides is 1. The first kappa shape index (κ1) is 16.6. The lowest BCUT2D eigenvalue weighted by Gasteiger charge is -2.01. The lowest BCUT2D eigenvalue weighted by Crippen LogP contribution is -2.23. The van der Waals surface area contributed by atoms with Gasteiger partial charge in [-0.15, -0.1) is 0 Å². The molecule has 0 saturated heterocycles. The smallest absolute Gasteiger partial charge is 0.286 e. The number of benzene rings is 1. The number of carbonyl (C=O) groups excluding carboxylic acids is 1. The largest absolute Gasteiger partial charge is 0.455 e. The van der Waals surface area contributed by atoms with Crippen molar-refractivity contribution in [2.24, 2.45) is 0 Å². The van der Waals surface area contributed by atoms with Crippen molar-refractivity contribution in [1.29, 1.82) is 0 Å². The summed E-state index contributed by atoms with van der Waals surface area (Å²) in [5.41, 5.74) is 1.61. The van der Waals surface area contributed by atoms with Gasteiger partial charge in [-0.2, -0.15) is 0 Å². The summed E-state index contributed by atoms with van der Waals surface area (Å²) in [4.78, 5) is 16.4. The van der Waals surface area contributed by atoms with Gasteiger partial charge in [-0.25, -0.2) is 4.98 Å². The van der Waals surface area contributed by atoms with Crippen LogP contribution in [0.4, 0.5) is 0 Å². The van der Waals surface area contributed by atoms with E-state index in [-0.39, 0.29) is 5.91 Å². The van der Waals surface area contributed by atoms with Gasteiger partial charge in [0.2, 0.25) is 0 Å². The average molecular weight is 344 g/mol. The molecule has 0 radical (unpaired) electrons. The number of fused-ring (bicyclic) bond motifs is 1. The van der Waals surface area contributed by atoms with Gasteiger partial charge in [0.25, 0.3) is 11.1 Å². The minimum absolute atomic E-state index is 0.163. The molecule has 0 unspecified atom stereocenters. The summed E-state index contributed by atoms with van der Waals surface area (Å²) in [6, 6.07) is 11.2. The van der Waals surface area contributed by atoms with Crippen LogP contribution in [0.25, 0.3) is 11.1 Å². The first-order valence-electron chi connectivity index (χ1n) is 8.11. The highest BCUT2D eigenvalue weighted by molar-refractivity contribution is 7.98. The summed E-state index contributed by atoms with van der Waals surface area (Å²) in [5.74, 6) is 1.47. The maximum absolute atomic E-state index is 12.0. The number of oxazole rings is 1. The van der Waals surface area contributed by atoms with Crippen LogP contribution in [0.5, 0.6) is 0 Å². The molecular weight excluding hydrogens is 324 g/mol. The fourth-order valence-electron chi connectivity index (χ4n) is 2.29. The molecule has 6 heteroatoms. The molecule has 24 heavy (non-hydrogen) atoms. The molecule has 0 aliphatic carbocycles. The van der Waals surface area contributed by atoms with Crippen LogP contribution in [0.1, 0.15) is 42.5 Å². The Bertz CT molecular complexity index is 776. The highest BCUT2D eigenvalue weighted by Gasteiger charge is 2.12. The third-order valence-corrected chi connectivity index (χ3v) is 4.41. The third kappa shape index (κ3) is 4.20. The molecule has 0 spiro atoms. The van der Waals surface area contributed by atoms with E-state index in [1.165, 1.54) is 11.8 Å². The van der Waals surface area contributed by atoms with Crippen molar-refractivity contribution in [2.45, 2.75) is 37.2 Å². The highest BCUT2D eigenvalue weighted by Crippen LogP contribution is 2.26. The van der Waals surface area contributed by atoms with Crippen molar-refractivity contribution >= 4 is 28.8 Å². The SMILES string of the molecule is CCCCCNC(=O)c1ccc(CSc2nc3ccccc3o2)o1. The number of hydrogen-bond acceptors (Lipinski definition) is 5. The number of nitrogens with one attached hydrogen (secondary N) is 1. The molecule has 0 aliphatic rings. The van der Waals surface area contributed by atoms with Crippen LogP contribution < -0.4 is 5.32 Å². The summed E-state index contributed by atoms with van der Waals surface area (Å²) in [5, 5.41) is 3.46. The van der Waals surface area contributed by atoms with E-state index >= 15 is 0 Å². The van der Waals surface area contributed by atoms with Crippen LogP contribution in [0.2, 0.25) is 0 Å². The molecule has 0 fully saturated rings. The van der Waals surface area contributed by atoms with Crippen molar-refractivity contribution in [3.05, 3.63) is 47.9 Å².